The summed E-state index contributed by atoms with van der Waals surface area (Å²) in [7, 11) is 2.24. The number of benzene rings is 1. The first-order chi connectivity index (χ1) is 9.29. The summed E-state index contributed by atoms with van der Waals surface area (Å²) in [5.41, 5.74) is 4.64. The Kier molecular flexibility index (Phi) is 3.61. The number of nitrogens with zero attached hydrogens (tertiary/aromatic N) is 1. The number of likely N-dealkylation sites (N-methyl/N-ethyl adjacent to an activating group) is 1. The van der Waals surface area contributed by atoms with Crippen LogP contribution in [0.25, 0.3) is 0 Å². The van der Waals surface area contributed by atoms with E-state index in [1.54, 1.807) is 11.1 Å². The number of hydrogen-bond donors (Lipinski definition) is 0. The molecule has 0 fully saturated rings. The average Bonchev–Trinajstić information content (AvgIpc) is 2.59. The third kappa shape index (κ3) is 2.42. The molecule has 3 rings (SSSR count). The smallest absolute Gasteiger partial charge is 0.123 e. The molecule has 1 aliphatic heterocycles. The third-order valence-corrected chi connectivity index (χ3v) is 4.44. The summed E-state index contributed by atoms with van der Waals surface area (Å²) in [4.78, 5) is 2.47. The van der Waals surface area contributed by atoms with E-state index in [4.69, 9.17) is 4.74 Å². The standard InChI is InChI=1S/C17H23NO/c1-3-11-19-16-8-7-13-5-4-6-14-12-18(2)10-9-15(16)17(13)14/h3,7-8,14H,1,4-6,9-12H2,2H3. The molecule has 102 valence electrons. The molecule has 2 nitrogen and oxygen atoms in total. The van der Waals surface area contributed by atoms with Gasteiger partial charge in [-0.25, -0.2) is 0 Å². The van der Waals surface area contributed by atoms with Gasteiger partial charge in [-0.1, -0.05) is 18.7 Å². The zero-order chi connectivity index (χ0) is 13.2. The summed E-state index contributed by atoms with van der Waals surface area (Å²) in [5, 5.41) is 0. The van der Waals surface area contributed by atoms with Crippen molar-refractivity contribution in [1.82, 2.24) is 4.90 Å². The van der Waals surface area contributed by atoms with Crippen molar-refractivity contribution < 1.29 is 4.74 Å². The van der Waals surface area contributed by atoms with Gasteiger partial charge < -0.3 is 9.64 Å². The topological polar surface area (TPSA) is 12.5 Å². The van der Waals surface area contributed by atoms with Gasteiger partial charge in [0.25, 0.3) is 0 Å². The number of aryl methyl sites for hydroxylation is 1. The molecule has 19 heavy (non-hydrogen) atoms. The van der Waals surface area contributed by atoms with Crippen molar-refractivity contribution in [2.75, 3.05) is 26.7 Å². The van der Waals surface area contributed by atoms with Crippen molar-refractivity contribution in [3.05, 3.63) is 41.5 Å². The van der Waals surface area contributed by atoms with E-state index in [1.165, 1.54) is 31.4 Å². The highest BCUT2D eigenvalue weighted by atomic mass is 16.5. The quantitative estimate of drug-likeness (QED) is 0.771. The number of hydrogen-bond acceptors (Lipinski definition) is 2. The monoisotopic (exact) mass is 257 g/mol. The largest absolute Gasteiger partial charge is 0.489 e. The summed E-state index contributed by atoms with van der Waals surface area (Å²) in [5.74, 6) is 1.79. The molecule has 0 amide bonds. The molecule has 0 saturated carbocycles. The summed E-state index contributed by atoms with van der Waals surface area (Å²) >= 11 is 0. The minimum Gasteiger partial charge on any atom is -0.489 e. The Morgan fingerprint density at radius 1 is 1.42 bits per heavy atom. The van der Waals surface area contributed by atoms with Crippen LogP contribution < -0.4 is 4.74 Å². The third-order valence-electron chi connectivity index (χ3n) is 4.44. The van der Waals surface area contributed by atoms with Crippen LogP contribution in [0.3, 0.4) is 0 Å². The van der Waals surface area contributed by atoms with Crippen LogP contribution in [0.4, 0.5) is 0 Å². The number of rotatable bonds is 3. The van der Waals surface area contributed by atoms with Crippen LogP contribution in [0.2, 0.25) is 0 Å². The lowest BCUT2D eigenvalue weighted by Gasteiger charge is -2.28. The second-order valence-electron chi connectivity index (χ2n) is 5.82. The molecule has 1 atom stereocenters. The van der Waals surface area contributed by atoms with E-state index >= 15 is 0 Å². The molecule has 0 bridgehead atoms. The molecular formula is C17H23NO. The molecule has 2 aliphatic rings. The lowest BCUT2D eigenvalue weighted by molar-refractivity contribution is 0.313. The minimum absolute atomic E-state index is 0.603. The first-order valence-electron chi connectivity index (χ1n) is 7.36. The van der Waals surface area contributed by atoms with Crippen LogP contribution >= 0.6 is 0 Å². The van der Waals surface area contributed by atoms with Crippen molar-refractivity contribution in [2.24, 2.45) is 0 Å². The Morgan fingerprint density at radius 2 is 2.32 bits per heavy atom. The van der Waals surface area contributed by atoms with Gasteiger partial charge in [-0.3, -0.25) is 0 Å². The Balaban J connectivity index is 2.04. The van der Waals surface area contributed by atoms with Crippen molar-refractivity contribution in [1.29, 1.82) is 0 Å². The Bertz CT molecular complexity index is 480. The second kappa shape index (κ2) is 5.38. The molecule has 0 radical (unpaired) electrons. The van der Waals surface area contributed by atoms with Crippen LogP contribution in [0.5, 0.6) is 5.75 Å². The molecule has 1 aromatic rings. The lowest BCUT2D eigenvalue weighted by Crippen LogP contribution is -2.25. The first kappa shape index (κ1) is 12.7. The predicted molar refractivity (Wildman–Crippen MR) is 79.0 cm³/mol. The van der Waals surface area contributed by atoms with E-state index in [-0.39, 0.29) is 0 Å². The molecule has 0 N–H and O–H groups in total. The van der Waals surface area contributed by atoms with E-state index in [9.17, 15) is 0 Å². The van der Waals surface area contributed by atoms with Gasteiger partial charge >= 0.3 is 0 Å². The van der Waals surface area contributed by atoms with Gasteiger partial charge in [-0.05, 0) is 61.4 Å². The Morgan fingerprint density at radius 3 is 3.16 bits per heavy atom. The molecule has 2 heteroatoms. The van der Waals surface area contributed by atoms with E-state index < -0.39 is 0 Å². The molecule has 1 aromatic carbocycles. The van der Waals surface area contributed by atoms with Crippen LogP contribution in [0, 0.1) is 0 Å². The zero-order valence-electron chi connectivity index (χ0n) is 11.8. The fraction of sp³-hybridized carbons (Fsp3) is 0.529. The van der Waals surface area contributed by atoms with Gasteiger partial charge in [0.05, 0.1) is 0 Å². The van der Waals surface area contributed by atoms with Crippen LogP contribution in [0.15, 0.2) is 24.8 Å². The van der Waals surface area contributed by atoms with Gasteiger partial charge in [-0.2, -0.15) is 0 Å². The maximum atomic E-state index is 5.88. The normalized spacial score (nSPS) is 22.5. The van der Waals surface area contributed by atoms with Crippen molar-refractivity contribution in [3.8, 4) is 5.75 Å². The predicted octanol–water partition coefficient (Wildman–Crippen LogP) is 3.16. The van der Waals surface area contributed by atoms with Crippen LogP contribution in [-0.4, -0.2) is 31.6 Å². The van der Waals surface area contributed by atoms with E-state index in [2.05, 4.69) is 30.7 Å². The van der Waals surface area contributed by atoms with Crippen molar-refractivity contribution in [3.63, 3.8) is 0 Å². The van der Waals surface area contributed by atoms with E-state index in [0.29, 0.717) is 12.5 Å². The van der Waals surface area contributed by atoms with E-state index in [1.807, 2.05) is 6.08 Å². The van der Waals surface area contributed by atoms with Crippen molar-refractivity contribution >= 4 is 0 Å². The highest BCUT2D eigenvalue weighted by Crippen LogP contribution is 2.40. The van der Waals surface area contributed by atoms with Gasteiger partial charge in [0.2, 0.25) is 0 Å². The maximum absolute atomic E-state index is 5.88. The average molecular weight is 257 g/mol. The van der Waals surface area contributed by atoms with Gasteiger partial charge in [0.15, 0.2) is 0 Å². The summed E-state index contributed by atoms with van der Waals surface area (Å²) in [6.45, 7) is 6.68. The summed E-state index contributed by atoms with van der Waals surface area (Å²) < 4.78 is 5.88. The first-order valence-corrected chi connectivity index (χ1v) is 7.36. The second-order valence-corrected chi connectivity index (χ2v) is 5.82. The highest BCUT2D eigenvalue weighted by molar-refractivity contribution is 5.49. The van der Waals surface area contributed by atoms with Crippen molar-refractivity contribution in [2.45, 2.75) is 31.6 Å². The van der Waals surface area contributed by atoms with Gasteiger partial charge in [-0.15, -0.1) is 0 Å². The molecule has 1 heterocycles. The fourth-order valence-electron chi connectivity index (χ4n) is 3.60. The zero-order valence-corrected chi connectivity index (χ0v) is 11.8. The van der Waals surface area contributed by atoms with Crippen LogP contribution in [-0.2, 0) is 12.8 Å². The Labute approximate surface area is 116 Å². The van der Waals surface area contributed by atoms with Gasteiger partial charge in [0.1, 0.15) is 12.4 Å². The molecule has 0 spiro atoms. The molecule has 1 aliphatic carbocycles. The van der Waals surface area contributed by atoms with Crippen LogP contribution in [0.1, 0.15) is 35.4 Å². The fourth-order valence-corrected chi connectivity index (χ4v) is 3.60. The maximum Gasteiger partial charge on any atom is 0.123 e. The molecule has 0 aromatic heterocycles. The summed E-state index contributed by atoms with van der Waals surface area (Å²) in [6, 6.07) is 4.46. The lowest BCUT2D eigenvalue weighted by atomic mass is 9.80. The van der Waals surface area contributed by atoms with E-state index in [0.717, 1.165) is 18.7 Å². The Hall–Kier alpha value is -1.28. The summed E-state index contributed by atoms with van der Waals surface area (Å²) in [6.07, 6.45) is 6.84. The molecule has 0 saturated heterocycles. The SMILES string of the molecule is C=CCOc1ccc2c3c1CCN(C)CC3CCC2. The van der Waals surface area contributed by atoms with Gasteiger partial charge in [0, 0.05) is 13.1 Å². The minimum atomic E-state index is 0.603. The number of ether oxygens (including phenoxy) is 1. The molecule has 1 unspecified atom stereocenters. The highest BCUT2D eigenvalue weighted by Gasteiger charge is 2.28. The molecular weight excluding hydrogens is 234 g/mol.